The highest BCUT2D eigenvalue weighted by molar-refractivity contribution is 5.82. The number of anilines is 2. The fraction of sp³-hybridized carbons (Fsp3) is 0.458. The third-order valence-electron chi connectivity index (χ3n) is 6.69. The van der Waals surface area contributed by atoms with E-state index in [1.54, 1.807) is 7.11 Å². The number of carbonyl (C=O) groups excluding carboxylic acids is 1. The maximum atomic E-state index is 13.6. The zero-order valence-electron chi connectivity index (χ0n) is 17.5. The highest BCUT2D eigenvalue weighted by Crippen LogP contribution is 2.39. The number of benzene rings is 2. The largest absolute Gasteiger partial charge is 0.495 e. The summed E-state index contributed by atoms with van der Waals surface area (Å²) >= 11 is 0. The van der Waals surface area contributed by atoms with E-state index in [0.29, 0.717) is 26.3 Å². The average molecular weight is 408 g/mol. The van der Waals surface area contributed by atoms with Crippen molar-refractivity contribution in [1.29, 1.82) is 0 Å². The number of amides is 1. The summed E-state index contributed by atoms with van der Waals surface area (Å²) in [5, 5.41) is 0. The van der Waals surface area contributed by atoms with Gasteiger partial charge in [0.2, 0.25) is 5.91 Å². The van der Waals surface area contributed by atoms with Crippen LogP contribution in [0.1, 0.15) is 5.56 Å². The van der Waals surface area contributed by atoms with Crippen LogP contribution in [0.25, 0.3) is 0 Å². The van der Waals surface area contributed by atoms with Crippen LogP contribution in [0.3, 0.4) is 0 Å². The summed E-state index contributed by atoms with van der Waals surface area (Å²) in [6.07, 6.45) is 0.799. The lowest BCUT2D eigenvalue weighted by atomic mass is 9.83. The highest BCUT2D eigenvalue weighted by atomic mass is 16.5. The number of ether oxygens (including phenoxy) is 2. The predicted octanol–water partition coefficient (Wildman–Crippen LogP) is 2.42. The smallest absolute Gasteiger partial charge is 0.228 e. The van der Waals surface area contributed by atoms with E-state index in [1.165, 1.54) is 11.3 Å². The van der Waals surface area contributed by atoms with Crippen LogP contribution in [0.15, 0.2) is 48.5 Å². The molecule has 2 saturated heterocycles. The van der Waals surface area contributed by atoms with E-state index >= 15 is 0 Å². The third-order valence-corrected chi connectivity index (χ3v) is 6.69. The van der Waals surface area contributed by atoms with Gasteiger partial charge in [-0.1, -0.05) is 30.3 Å². The maximum absolute atomic E-state index is 13.6. The Morgan fingerprint density at radius 1 is 0.967 bits per heavy atom. The molecule has 158 valence electrons. The summed E-state index contributed by atoms with van der Waals surface area (Å²) in [5.74, 6) is 1.11. The van der Waals surface area contributed by atoms with E-state index in [2.05, 4.69) is 46.2 Å². The molecule has 0 aliphatic carbocycles. The van der Waals surface area contributed by atoms with Crippen LogP contribution >= 0.6 is 0 Å². The van der Waals surface area contributed by atoms with Crippen LogP contribution in [-0.2, 0) is 16.0 Å². The first kappa shape index (κ1) is 19.2. The molecule has 0 bridgehead atoms. The van der Waals surface area contributed by atoms with Crippen LogP contribution in [0, 0.1) is 5.92 Å². The Bertz CT molecular complexity index is 912. The molecule has 0 radical (unpaired) electrons. The lowest BCUT2D eigenvalue weighted by Gasteiger charge is -2.50. The number of fused-ring (bicyclic) bond motifs is 3. The molecule has 0 N–H and O–H groups in total. The minimum atomic E-state index is -0.0458. The molecule has 1 amide bonds. The van der Waals surface area contributed by atoms with Crippen molar-refractivity contribution in [1.82, 2.24) is 4.90 Å². The highest BCUT2D eigenvalue weighted by Gasteiger charge is 2.43. The van der Waals surface area contributed by atoms with Crippen molar-refractivity contribution in [3.63, 3.8) is 0 Å². The fourth-order valence-corrected chi connectivity index (χ4v) is 5.17. The van der Waals surface area contributed by atoms with Gasteiger partial charge in [0.25, 0.3) is 0 Å². The second-order valence-corrected chi connectivity index (χ2v) is 8.26. The minimum Gasteiger partial charge on any atom is -0.495 e. The standard InChI is InChI=1S/C24H29N3O3/c1-29-23-9-5-4-8-21(23)26-10-11-27-20-7-3-2-6-18(20)16-19(22(27)17-26)24(28)25-12-14-30-15-13-25/h2-9,19,22H,10-17H2,1H3. The SMILES string of the molecule is COc1ccccc1N1CCN2c3ccccc3CC(C(=O)N3CCOCC3)C2C1. The maximum Gasteiger partial charge on any atom is 0.228 e. The first-order chi connectivity index (χ1) is 14.8. The first-order valence-electron chi connectivity index (χ1n) is 10.9. The quantitative estimate of drug-likeness (QED) is 0.782. The lowest BCUT2D eigenvalue weighted by molar-refractivity contribution is -0.140. The molecular weight excluding hydrogens is 378 g/mol. The Morgan fingerprint density at radius 2 is 1.70 bits per heavy atom. The van der Waals surface area contributed by atoms with Crippen LogP contribution in [-0.4, -0.2) is 69.9 Å². The number of rotatable bonds is 3. The van der Waals surface area contributed by atoms with Crippen molar-refractivity contribution in [2.45, 2.75) is 12.5 Å². The molecule has 0 spiro atoms. The van der Waals surface area contributed by atoms with Gasteiger partial charge in [0.1, 0.15) is 5.75 Å². The third kappa shape index (κ3) is 3.39. The van der Waals surface area contributed by atoms with Gasteiger partial charge in [-0.25, -0.2) is 0 Å². The van der Waals surface area contributed by atoms with Crippen molar-refractivity contribution < 1.29 is 14.3 Å². The molecule has 30 heavy (non-hydrogen) atoms. The first-order valence-corrected chi connectivity index (χ1v) is 10.9. The van der Waals surface area contributed by atoms with Crippen LogP contribution in [0.2, 0.25) is 0 Å². The van der Waals surface area contributed by atoms with Gasteiger partial charge >= 0.3 is 0 Å². The van der Waals surface area contributed by atoms with Crippen molar-refractivity contribution in [2.24, 2.45) is 5.92 Å². The second-order valence-electron chi connectivity index (χ2n) is 8.26. The molecule has 6 heteroatoms. The molecule has 3 aliphatic rings. The molecule has 3 heterocycles. The van der Waals surface area contributed by atoms with Gasteiger partial charge in [-0.2, -0.15) is 0 Å². The summed E-state index contributed by atoms with van der Waals surface area (Å²) < 4.78 is 11.1. The lowest BCUT2D eigenvalue weighted by Crippen LogP contribution is -2.62. The van der Waals surface area contributed by atoms with E-state index < -0.39 is 0 Å². The molecule has 0 saturated carbocycles. The van der Waals surface area contributed by atoms with Gasteiger partial charge in [0.15, 0.2) is 0 Å². The normalized spacial score (nSPS) is 23.6. The Morgan fingerprint density at radius 3 is 2.50 bits per heavy atom. The minimum absolute atomic E-state index is 0.0458. The number of para-hydroxylation sites is 3. The summed E-state index contributed by atoms with van der Waals surface area (Å²) in [4.78, 5) is 20.4. The fourth-order valence-electron chi connectivity index (χ4n) is 5.17. The predicted molar refractivity (Wildman–Crippen MR) is 117 cm³/mol. The molecule has 2 aromatic carbocycles. The van der Waals surface area contributed by atoms with Gasteiger partial charge < -0.3 is 24.2 Å². The molecule has 6 nitrogen and oxygen atoms in total. The summed E-state index contributed by atoms with van der Waals surface area (Å²) in [6, 6.07) is 16.9. The topological polar surface area (TPSA) is 45.2 Å². The van der Waals surface area contributed by atoms with E-state index in [-0.39, 0.29) is 17.9 Å². The van der Waals surface area contributed by atoms with Crippen LogP contribution in [0.4, 0.5) is 11.4 Å². The number of piperazine rings is 1. The van der Waals surface area contributed by atoms with E-state index in [0.717, 1.165) is 37.5 Å². The van der Waals surface area contributed by atoms with Gasteiger partial charge in [-0.3, -0.25) is 4.79 Å². The van der Waals surface area contributed by atoms with Gasteiger partial charge in [-0.05, 0) is 30.2 Å². The van der Waals surface area contributed by atoms with Crippen LogP contribution < -0.4 is 14.5 Å². The molecule has 2 fully saturated rings. The van der Waals surface area contributed by atoms with Crippen molar-refractivity contribution >= 4 is 17.3 Å². The van der Waals surface area contributed by atoms with Crippen molar-refractivity contribution in [3.05, 3.63) is 54.1 Å². The summed E-state index contributed by atoms with van der Waals surface area (Å²) in [7, 11) is 1.72. The van der Waals surface area contributed by atoms with Crippen molar-refractivity contribution in [2.75, 3.05) is 62.8 Å². The zero-order chi connectivity index (χ0) is 20.5. The Balaban J connectivity index is 1.47. The molecule has 2 unspecified atom stereocenters. The zero-order valence-corrected chi connectivity index (χ0v) is 17.5. The van der Waals surface area contributed by atoms with Gasteiger partial charge in [0, 0.05) is 38.4 Å². The monoisotopic (exact) mass is 407 g/mol. The molecular formula is C24H29N3O3. The molecule has 2 aromatic rings. The number of hydrogen-bond acceptors (Lipinski definition) is 5. The molecule has 2 atom stereocenters. The van der Waals surface area contributed by atoms with E-state index in [9.17, 15) is 4.79 Å². The Kier molecular flexibility index (Phi) is 5.25. The number of hydrogen-bond donors (Lipinski definition) is 0. The van der Waals surface area contributed by atoms with Gasteiger partial charge in [-0.15, -0.1) is 0 Å². The average Bonchev–Trinajstić information content (AvgIpc) is 2.83. The van der Waals surface area contributed by atoms with Crippen molar-refractivity contribution in [3.8, 4) is 5.75 Å². The molecule has 3 aliphatic heterocycles. The van der Waals surface area contributed by atoms with E-state index in [1.807, 2.05) is 17.0 Å². The Hall–Kier alpha value is -2.73. The number of nitrogens with zero attached hydrogens (tertiary/aromatic N) is 3. The second kappa shape index (κ2) is 8.19. The summed E-state index contributed by atoms with van der Waals surface area (Å²) in [5.41, 5.74) is 3.68. The number of methoxy groups -OCH3 is 1. The van der Waals surface area contributed by atoms with Crippen LogP contribution in [0.5, 0.6) is 5.75 Å². The summed E-state index contributed by atoms with van der Waals surface area (Å²) in [6.45, 7) is 5.28. The molecule has 5 rings (SSSR count). The number of carbonyl (C=O) groups is 1. The van der Waals surface area contributed by atoms with Gasteiger partial charge in [0.05, 0.1) is 38.0 Å². The molecule has 0 aromatic heterocycles. The number of morpholine rings is 1. The Labute approximate surface area is 178 Å². The van der Waals surface area contributed by atoms with E-state index in [4.69, 9.17) is 9.47 Å².